The first-order valence-electron chi connectivity index (χ1n) is 2.65. The van der Waals surface area contributed by atoms with Crippen molar-refractivity contribution in [3.63, 3.8) is 0 Å². The van der Waals surface area contributed by atoms with Crippen LogP contribution in [0.25, 0.3) is 0 Å². The molecule has 0 aliphatic rings. The molecule has 0 heterocycles. The van der Waals surface area contributed by atoms with Gasteiger partial charge in [-0.05, 0) is 12.2 Å². The first-order valence-corrected chi connectivity index (χ1v) is 2.65. The first kappa shape index (κ1) is 9.55. The third kappa shape index (κ3) is 5.02. The molecule has 0 rings (SSSR count). The molecule has 0 fully saturated rings. The molecule has 0 atom stereocenters. The van der Waals surface area contributed by atoms with Gasteiger partial charge in [-0.1, -0.05) is 12.7 Å². The molecular formula is C7H6F2O2. The van der Waals surface area contributed by atoms with E-state index < -0.39 is 17.6 Å². The van der Waals surface area contributed by atoms with Crippen LogP contribution in [0, 0.1) is 0 Å². The van der Waals surface area contributed by atoms with Crippen LogP contribution in [0.3, 0.4) is 0 Å². The number of halogens is 2. The zero-order chi connectivity index (χ0) is 8.85. The van der Waals surface area contributed by atoms with Gasteiger partial charge in [0.15, 0.2) is 0 Å². The Bertz CT molecular complexity index is 229. The number of aliphatic carboxylic acids is 1. The fraction of sp³-hybridized carbons (Fsp3) is 0. The molecule has 11 heavy (non-hydrogen) atoms. The van der Waals surface area contributed by atoms with Crippen LogP contribution >= 0.6 is 0 Å². The minimum absolute atomic E-state index is 0.632. The summed E-state index contributed by atoms with van der Waals surface area (Å²) in [5.74, 6) is -3.79. The quantitative estimate of drug-likeness (QED) is 0.506. The van der Waals surface area contributed by atoms with Gasteiger partial charge in [-0.3, -0.25) is 0 Å². The van der Waals surface area contributed by atoms with Gasteiger partial charge in [-0.25, -0.2) is 9.18 Å². The van der Waals surface area contributed by atoms with Gasteiger partial charge < -0.3 is 5.11 Å². The van der Waals surface area contributed by atoms with Crippen LogP contribution in [0.1, 0.15) is 0 Å². The van der Waals surface area contributed by atoms with Crippen molar-refractivity contribution in [3.8, 4) is 0 Å². The van der Waals surface area contributed by atoms with Crippen molar-refractivity contribution in [1.82, 2.24) is 0 Å². The average molecular weight is 160 g/mol. The van der Waals surface area contributed by atoms with Gasteiger partial charge in [0.25, 0.3) is 0 Å². The number of rotatable bonds is 3. The van der Waals surface area contributed by atoms with Gasteiger partial charge >= 0.3 is 5.97 Å². The zero-order valence-electron chi connectivity index (χ0n) is 5.55. The van der Waals surface area contributed by atoms with Crippen molar-refractivity contribution in [3.05, 3.63) is 36.5 Å². The summed E-state index contributed by atoms with van der Waals surface area (Å²) in [7, 11) is 0. The largest absolute Gasteiger partial charge is 0.476 e. The van der Waals surface area contributed by atoms with Crippen molar-refractivity contribution in [1.29, 1.82) is 0 Å². The summed E-state index contributed by atoms with van der Waals surface area (Å²) in [6.07, 6.45) is 2.40. The average Bonchev–Trinajstić information content (AvgIpc) is 1.86. The molecule has 0 radical (unpaired) electrons. The van der Waals surface area contributed by atoms with E-state index in [1.807, 2.05) is 0 Å². The monoisotopic (exact) mass is 160 g/mol. The molecule has 0 saturated heterocycles. The molecule has 0 spiro atoms. The summed E-state index contributed by atoms with van der Waals surface area (Å²) in [6, 6.07) is 0. The van der Waals surface area contributed by atoms with Crippen molar-refractivity contribution >= 4 is 5.97 Å². The molecule has 0 aliphatic heterocycles. The van der Waals surface area contributed by atoms with E-state index in [9.17, 15) is 13.6 Å². The van der Waals surface area contributed by atoms with E-state index in [0.29, 0.717) is 6.08 Å². The third-order valence-corrected chi connectivity index (χ3v) is 0.724. The summed E-state index contributed by atoms with van der Waals surface area (Å²) in [5.41, 5.74) is 0. The summed E-state index contributed by atoms with van der Waals surface area (Å²) >= 11 is 0. The molecule has 0 aromatic heterocycles. The van der Waals surface area contributed by atoms with Gasteiger partial charge in [0.1, 0.15) is 5.83 Å². The van der Waals surface area contributed by atoms with E-state index in [1.54, 1.807) is 0 Å². The maximum Gasteiger partial charge on any atom is 0.364 e. The molecule has 0 aromatic rings. The minimum atomic E-state index is -1.68. The van der Waals surface area contributed by atoms with Crippen LogP contribution in [0.2, 0.25) is 0 Å². The minimum Gasteiger partial charge on any atom is -0.476 e. The second kappa shape index (κ2) is 4.38. The van der Waals surface area contributed by atoms with E-state index in [1.165, 1.54) is 0 Å². The van der Waals surface area contributed by atoms with Gasteiger partial charge in [0.05, 0.1) is 0 Å². The molecular weight excluding hydrogens is 154 g/mol. The number of carboxylic acids is 1. The Labute approximate surface area is 62.1 Å². The predicted octanol–water partition coefficient (Wildman–Crippen LogP) is 1.96. The van der Waals surface area contributed by atoms with Crippen LogP contribution in [0.4, 0.5) is 8.78 Å². The molecule has 0 aromatic carbocycles. The van der Waals surface area contributed by atoms with Crippen LogP contribution in [-0.4, -0.2) is 11.1 Å². The number of carbonyl (C=O) groups is 1. The first-order chi connectivity index (χ1) is 5.04. The Morgan fingerprint density at radius 1 is 1.45 bits per heavy atom. The van der Waals surface area contributed by atoms with Gasteiger partial charge in [-0.15, -0.1) is 0 Å². The zero-order valence-corrected chi connectivity index (χ0v) is 5.55. The van der Waals surface area contributed by atoms with E-state index in [-0.39, 0.29) is 0 Å². The fourth-order valence-electron chi connectivity index (χ4n) is 0.308. The number of allylic oxidation sites excluding steroid dienone is 4. The third-order valence-electron chi connectivity index (χ3n) is 0.724. The maximum atomic E-state index is 12.0. The van der Waals surface area contributed by atoms with Crippen molar-refractivity contribution in [2.24, 2.45) is 0 Å². The number of carboxylic acid groups (broad SMARTS) is 1. The van der Waals surface area contributed by atoms with Gasteiger partial charge in [0.2, 0.25) is 5.83 Å². The van der Waals surface area contributed by atoms with E-state index in [2.05, 4.69) is 6.58 Å². The van der Waals surface area contributed by atoms with Crippen LogP contribution in [-0.2, 0) is 4.79 Å². The lowest BCUT2D eigenvalue weighted by Crippen LogP contribution is -1.93. The topological polar surface area (TPSA) is 37.3 Å². The standard InChI is InChI=1S/C7H6F2O2/c1-5(8)3-2-4-6(9)7(10)11/h2-4H,1H2,(H,10,11). The van der Waals surface area contributed by atoms with Crippen LogP contribution in [0.5, 0.6) is 0 Å². The molecule has 4 heteroatoms. The van der Waals surface area contributed by atoms with E-state index in [0.717, 1.165) is 12.2 Å². The molecule has 0 amide bonds. The predicted molar refractivity (Wildman–Crippen MR) is 36.2 cm³/mol. The highest BCUT2D eigenvalue weighted by Crippen LogP contribution is 1.98. The summed E-state index contributed by atoms with van der Waals surface area (Å²) < 4.78 is 23.8. The second-order valence-electron chi connectivity index (χ2n) is 1.63. The lowest BCUT2D eigenvalue weighted by atomic mass is 10.4. The Hall–Kier alpha value is -1.45. The molecule has 0 saturated carbocycles. The molecule has 0 aliphatic carbocycles. The Morgan fingerprint density at radius 3 is 2.36 bits per heavy atom. The van der Waals surface area contributed by atoms with Crippen molar-refractivity contribution < 1.29 is 18.7 Å². The lowest BCUT2D eigenvalue weighted by Gasteiger charge is -1.82. The Kier molecular flexibility index (Phi) is 3.80. The lowest BCUT2D eigenvalue weighted by molar-refractivity contribution is -0.134. The summed E-state index contributed by atoms with van der Waals surface area (Å²) in [5, 5.41) is 7.95. The molecule has 2 nitrogen and oxygen atoms in total. The van der Waals surface area contributed by atoms with Crippen LogP contribution < -0.4 is 0 Å². The number of hydrogen-bond acceptors (Lipinski definition) is 1. The van der Waals surface area contributed by atoms with Crippen LogP contribution in [0.15, 0.2) is 36.5 Å². The highest BCUT2D eigenvalue weighted by molar-refractivity contribution is 5.84. The van der Waals surface area contributed by atoms with Gasteiger partial charge in [-0.2, -0.15) is 4.39 Å². The SMILES string of the molecule is C=C(F)C=CC=C(F)C(=O)O. The molecule has 60 valence electrons. The molecule has 0 unspecified atom stereocenters. The van der Waals surface area contributed by atoms with Crippen molar-refractivity contribution in [2.45, 2.75) is 0 Å². The smallest absolute Gasteiger partial charge is 0.364 e. The molecule has 1 N–H and O–H groups in total. The highest BCUT2D eigenvalue weighted by Gasteiger charge is 2.01. The summed E-state index contributed by atoms with van der Waals surface area (Å²) in [6.45, 7) is 2.84. The fourth-order valence-corrected chi connectivity index (χ4v) is 0.308. The van der Waals surface area contributed by atoms with E-state index >= 15 is 0 Å². The van der Waals surface area contributed by atoms with Crippen molar-refractivity contribution in [2.75, 3.05) is 0 Å². The normalized spacial score (nSPS) is 12.0. The number of hydrogen-bond donors (Lipinski definition) is 1. The second-order valence-corrected chi connectivity index (χ2v) is 1.63. The molecule has 0 bridgehead atoms. The van der Waals surface area contributed by atoms with Gasteiger partial charge in [0, 0.05) is 0 Å². The highest BCUT2D eigenvalue weighted by atomic mass is 19.1. The maximum absolute atomic E-state index is 12.0. The Morgan fingerprint density at radius 2 is 2.00 bits per heavy atom. The summed E-state index contributed by atoms with van der Waals surface area (Å²) in [4.78, 5) is 9.78. The Balaban J connectivity index is 4.13. The van der Waals surface area contributed by atoms with E-state index in [4.69, 9.17) is 5.11 Å².